The molecule has 0 saturated heterocycles. The fraction of sp³-hybridized carbons (Fsp3) is 0.385. The molecule has 0 atom stereocenters. The highest BCUT2D eigenvalue weighted by Crippen LogP contribution is 2.15. The summed E-state index contributed by atoms with van der Waals surface area (Å²) >= 11 is 1.28. The summed E-state index contributed by atoms with van der Waals surface area (Å²) in [6.45, 7) is 4.85. The van der Waals surface area contributed by atoms with Gasteiger partial charge in [0.1, 0.15) is 5.01 Å². The minimum atomic E-state index is -1.03. The summed E-state index contributed by atoms with van der Waals surface area (Å²) in [6.07, 6.45) is 0.906. The van der Waals surface area contributed by atoms with E-state index >= 15 is 0 Å². The minimum Gasteiger partial charge on any atom is -0.478 e. The van der Waals surface area contributed by atoms with E-state index in [1.165, 1.54) is 16.7 Å². The Bertz CT molecular complexity index is 630. The molecule has 0 amide bonds. The molecule has 0 bridgehead atoms. The standard InChI is InChI=1S/C13H16N4O3S/c1-3-4-20-10-5-8(2)15-13(17-10)14-6-11-16-9(7-21-11)12(18)19/h5,7H,3-4,6H2,1-2H3,(H,18,19)(H,14,15,17). The quantitative estimate of drug-likeness (QED) is 0.810. The lowest BCUT2D eigenvalue weighted by molar-refractivity contribution is 0.0691. The fourth-order valence-corrected chi connectivity index (χ4v) is 2.25. The van der Waals surface area contributed by atoms with Crippen molar-refractivity contribution in [2.75, 3.05) is 11.9 Å². The first-order valence-corrected chi connectivity index (χ1v) is 7.36. The second-order valence-electron chi connectivity index (χ2n) is 4.30. The van der Waals surface area contributed by atoms with E-state index < -0.39 is 5.97 Å². The predicted molar refractivity (Wildman–Crippen MR) is 79.0 cm³/mol. The third-order valence-corrected chi connectivity index (χ3v) is 3.30. The van der Waals surface area contributed by atoms with E-state index in [2.05, 4.69) is 20.3 Å². The highest BCUT2D eigenvalue weighted by Gasteiger charge is 2.09. The number of aryl methyl sites for hydroxylation is 1. The molecule has 0 aliphatic heterocycles. The van der Waals surface area contributed by atoms with Gasteiger partial charge in [0.2, 0.25) is 11.8 Å². The predicted octanol–water partition coefficient (Wildman–Crippen LogP) is 2.34. The molecule has 2 heterocycles. The Labute approximate surface area is 126 Å². The zero-order chi connectivity index (χ0) is 15.2. The van der Waals surface area contributed by atoms with Crippen LogP contribution in [0.5, 0.6) is 5.88 Å². The Morgan fingerprint density at radius 3 is 2.90 bits per heavy atom. The smallest absolute Gasteiger partial charge is 0.355 e. The van der Waals surface area contributed by atoms with E-state index in [0.29, 0.717) is 30.0 Å². The number of hydrogen-bond acceptors (Lipinski definition) is 7. The number of rotatable bonds is 7. The second kappa shape index (κ2) is 6.98. The van der Waals surface area contributed by atoms with Crippen LogP contribution in [-0.4, -0.2) is 32.6 Å². The van der Waals surface area contributed by atoms with Crippen LogP contribution in [0, 0.1) is 6.92 Å². The van der Waals surface area contributed by atoms with Crippen molar-refractivity contribution in [1.82, 2.24) is 15.0 Å². The number of aromatic carboxylic acids is 1. The number of anilines is 1. The van der Waals surface area contributed by atoms with Crippen molar-refractivity contribution in [3.8, 4) is 5.88 Å². The van der Waals surface area contributed by atoms with Crippen molar-refractivity contribution in [1.29, 1.82) is 0 Å². The highest BCUT2D eigenvalue weighted by molar-refractivity contribution is 7.09. The van der Waals surface area contributed by atoms with E-state index in [9.17, 15) is 4.79 Å². The molecule has 2 aromatic rings. The molecule has 0 spiro atoms. The summed E-state index contributed by atoms with van der Waals surface area (Å²) in [7, 11) is 0. The van der Waals surface area contributed by atoms with Crippen LogP contribution < -0.4 is 10.1 Å². The maximum atomic E-state index is 10.8. The molecule has 0 unspecified atom stereocenters. The lowest BCUT2D eigenvalue weighted by Gasteiger charge is -2.07. The third kappa shape index (κ3) is 4.38. The number of aromatic nitrogens is 3. The molecule has 112 valence electrons. The topological polar surface area (TPSA) is 97.2 Å². The van der Waals surface area contributed by atoms with Crippen LogP contribution >= 0.6 is 11.3 Å². The van der Waals surface area contributed by atoms with Crippen LogP contribution in [0.4, 0.5) is 5.95 Å². The van der Waals surface area contributed by atoms with Gasteiger partial charge in [0.15, 0.2) is 5.69 Å². The number of carboxylic acid groups (broad SMARTS) is 1. The first kappa shape index (κ1) is 15.2. The van der Waals surface area contributed by atoms with Gasteiger partial charge in [-0.25, -0.2) is 14.8 Å². The van der Waals surface area contributed by atoms with E-state index in [0.717, 1.165) is 12.1 Å². The van der Waals surface area contributed by atoms with Crippen molar-refractivity contribution in [3.05, 3.63) is 27.8 Å². The first-order chi connectivity index (χ1) is 10.1. The maximum absolute atomic E-state index is 10.8. The monoisotopic (exact) mass is 308 g/mol. The average molecular weight is 308 g/mol. The Hall–Kier alpha value is -2.22. The molecule has 21 heavy (non-hydrogen) atoms. The van der Waals surface area contributed by atoms with Crippen molar-refractivity contribution in [2.24, 2.45) is 0 Å². The van der Waals surface area contributed by atoms with Crippen LogP contribution in [0.25, 0.3) is 0 Å². The summed E-state index contributed by atoms with van der Waals surface area (Å²) in [5, 5.41) is 14.0. The molecule has 2 N–H and O–H groups in total. The number of carboxylic acids is 1. The van der Waals surface area contributed by atoms with Crippen molar-refractivity contribution >= 4 is 23.3 Å². The van der Waals surface area contributed by atoms with Crippen LogP contribution in [0.3, 0.4) is 0 Å². The maximum Gasteiger partial charge on any atom is 0.355 e. The largest absolute Gasteiger partial charge is 0.478 e. The average Bonchev–Trinajstić information content (AvgIpc) is 2.91. The normalized spacial score (nSPS) is 10.4. The number of thiazole rings is 1. The molecule has 2 rings (SSSR count). The SMILES string of the molecule is CCCOc1cc(C)nc(NCc2nc(C(=O)O)cs2)n1. The van der Waals surface area contributed by atoms with Crippen molar-refractivity contribution in [2.45, 2.75) is 26.8 Å². The zero-order valence-electron chi connectivity index (χ0n) is 11.8. The van der Waals surface area contributed by atoms with Crippen molar-refractivity contribution in [3.63, 3.8) is 0 Å². The molecule has 0 aromatic carbocycles. The summed E-state index contributed by atoms with van der Waals surface area (Å²) < 4.78 is 5.48. The molecular weight excluding hydrogens is 292 g/mol. The van der Waals surface area contributed by atoms with E-state index in [1.54, 1.807) is 6.07 Å². The number of hydrogen-bond donors (Lipinski definition) is 2. The summed E-state index contributed by atoms with van der Waals surface area (Å²) in [4.78, 5) is 23.3. The van der Waals surface area contributed by atoms with Crippen LogP contribution in [0.1, 0.15) is 34.5 Å². The van der Waals surface area contributed by atoms with E-state index in [4.69, 9.17) is 9.84 Å². The minimum absolute atomic E-state index is 0.0499. The van der Waals surface area contributed by atoms with Gasteiger partial charge in [-0.05, 0) is 13.3 Å². The first-order valence-electron chi connectivity index (χ1n) is 6.48. The molecule has 0 fully saturated rings. The van der Waals surface area contributed by atoms with Gasteiger partial charge in [-0.3, -0.25) is 0 Å². The van der Waals surface area contributed by atoms with Gasteiger partial charge in [-0.1, -0.05) is 6.92 Å². The van der Waals surface area contributed by atoms with Gasteiger partial charge in [-0.2, -0.15) is 4.98 Å². The van der Waals surface area contributed by atoms with Gasteiger partial charge < -0.3 is 15.2 Å². The Kier molecular flexibility index (Phi) is 5.04. The molecule has 0 aliphatic rings. The van der Waals surface area contributed by atoms with Crippen LogP contribution in [0.15, 0.2) is 11.4 Å². The molecule has 0 saturated carbocycles. The number of nitrogens with one attached hydrogen (secondary N) is 1. The summed E-state index contributed by atoms with van der Waals surface area (Å²) in [6, 6.07) is 1.77. The van der Waals surface area contributed by atoms with Gasteiger partial charge in [0.25, 0.3) is 0 Å². The molecule has 0 radical (unpaired) electrons. The van der Waals surface area contributed by atoms with Gasteiger partial charge in [0.05, 0.1) is 13.2 Å². The summed E-state index contributed by atoms with van der Waals surface area (Å²) in [5.74, 6) is -0.0649. The van der Waals surface area contributed by atoms with Gasteiger partial charge >= 0.3 is 5.97 Å². The highest BCUT2D eigenvalue weighted by atomic mass is 32.1. The molecule has 8 heteroatoms. The Balaban J connectivity index is 2.01. The Morgan fingerprint density at radius 2 is 2.24 bits per heavy atom. The van der Waals surface area contributed by atoms with Crippen molar-refractivity contribution < 1.29 is 14.6 Å². The fourth-order valence-electron chi connectivity index (χ4n) is 1.54. The third-order valence-electron chi connectivity index (χ3n) is 2.45. The van der Waals surface area contributed by atoms with E-state index in [1.807, 2.05) is 13.8 Å². The van der Waals surface area contributed by atoms with Crippen LogP contribution in [0.2, 0.25) is 0 Å². The van der Waals surface area contributed by atoms with Gasteiger partial charge in [0, 0.05) is 17.1 Å². The number of ether oxygens (including phenoxy) is 1. The van der Waals surface area contributed by atoms with Gasteiger partial charge in [-0.15, -0.1) is 11.3 Å². The summed E-state index contributed by atoms with van der Waals surface area (Å²) in [5.41, 5.74) is 0.845. The van der Waals surface area contributed by atoms with Crippen LogP contribution in [-0.2, 0) is 6.54 Å². The molecule has 7 nitrogen and oxygen atoms in total. The number of nitrogens with zero attached hydrogens (tertiary/aromatic N) is 3. The molecule has 0 aliphatic carbocycles. The second-order valence-corrected chi connectivity index (χ2v) is 5.25. The molecular formula is C13H16N4O3S. The number of carbonyl (C=O) groups is 1. The molecule has 2 aromatic heterocycles. The zero-order valence-corrected chi connectivity index (χ0v) is 12.6. The lowest BCUT2D eigenvalue weighted by atomic mass is 10.4. The Morgan fingerprint density at radius 1 is 1.43 bits per heavy atom. The lowest BCUT2D eigenvalue weighted by Crippen LogP contribution is -2.07. The van der Waals surface area contributed by atoms with E-state index in [-0.39, 0.29) is 5.69 Å².